The van der Waals surface area contributed by atoms with Gasteiger partial charge in [0.25, 0.3) is 11.8 Å². The molecule has 0 bridgehead atoms. The van der Waals surface area contributed by atoms with E-state index in [4.69, 9.17) is 25.8 Å². The van der Waals surface area contributed by atoms with Crippen LogP contribution in [0.5, 0.6) is 17.2 Å². The zero-order valence-electron chi connectivity index (χ0n) is 29.1. The maximum atomic E-state index is 14.7. The van der Waals surface area contributed by atoms with Crippen molar-refractivity contribution in [2.45, 2.75) is 26.3 Å². The number of carbonyl (C=O) groups excluding carboxylic acids is 2. The van der Waals surface area contributed by atoms with E-state index in [9.17, 15) is 9.59 Å². The van der Waals surface area contributed by atoms with Crippen molar-refractivity contribution in [2.75, 3.05) is 19.1 Å². The van der Waals surface area contributed by atoms with Gasteiger partial charge < -0.3 is 24.0 Å². The normalized spacial score (nSPS) is 10.7. The van der Waals surface area contributed by atoms with Gasteiger partial charge in [-0.2, -0.15) is 0 Å². The highest BCUT2D eigenvalue weighted by molar-refractivity contribution is 6.32. The van der Waals surface area contributed by atoms with Gasteiger partial charge in [-0.25, -0.2) is 0 Å². The molecule has 0 fully saturated rings. The van der Waals surface area contributed by atoms with Gasteiger partial charge in [0, 0.05) is 30.9 Å². The first-order valence-electron chi connectivity index (χ1n) is 16.9. The molecule has 52 heavy (non-hydrogen) atoms. The minimum Gasteiger partial charge on any atom is -0.497 e. The molecule has 0 saturated carbocycles. The second-order valence-electron chi connectivity index (χ2n) is 12.3. The lowest BCUT2D eigenvalue weighted by atomic mass is 10.1. The molecule has 6 rings (SSSR count). The quantitative estimate of drug-likeness (QED) is 0.113. The zero-order chi connectivity index (χ0) is 36.3. The van der Waals surface area contributed by atoms with Gasteiger partial charge in [-0.05, 0) is 64.7 Å². The molecule has 6 aromatic rings. The molecule has 0 aromatic heterocycles. The number of rotatable bonds is 14. The van der Waals surface area contributed by atoms with Crippen LogP contribution in [-0.2, 0) is 26.3 Å². The third-order valence-electron chi connectivity index (χ3n) is 8.52. The smallest absolute Gasteiger partial charge is 0.262 e. The molecular formula is C44H39ClN2O5. The molecule has 0 atom stereocenters. The molecule has 0 spiro atoms. The molecule has 0 heterocycles. The molecule has 0 saturated heterocycles. The summed E-state index contributed by atoms with van der Waals surface area (Å²) in [5.74, 6) is 1.04. The van der Waals surface area contributed by atoms with Crippen LogP contribution in [0.4, 0.5) is 5.69 Å². The summed E-state index contributed by atoms with van der Waals surface area (Å²) >= 11 is 6.80. The Morgan fingerprint density at radius 3 is 1.65 bits per heavy atom. The fourth-order valence-corrected chi connectivity index (χ4v) is 5.89. The molecule has 0 radical (unpaired) electrons. The predicted octanol–water partition coefficient (Wildman–Crippen LogP) is 9.63. The predicted molar refractivity (Wildman–Crippen MR) is 205 cm³/mol. The van der Waals surface area contributed by atoms with Crippen LogP contribution < -0.4 is 19.1 Å². The minimum absolute atomic E-state index is 0.141. The maximum absolute atomic E-state index is 14.7. The molecule has 0 aliphatic rings. The first-order valence-corrected chi connectivity index (χ1v) is 17.3. The number of carbonyl (C=O) groups is 2. The van der Waals surface area contributed by atoms with Gasteiger partial charge in [-0.3, -0.25) is 9.59 Å². The third-order valence-corrected chi connectivity index (χ3v) is 8.81. The van der Waals surface area contributed by atoms with Crippen molar-refractivity contribution in [3.05, 3.63) is 190 Å². The topological polar surface area (TPSA) is 68.3 Å². The van der Waals surface area contributed by atoms with Gasteiger partial charge in [0.1, 0.15) is 30.5 Å². The van der Waals surface area contributed by atoms with E-state index in [-0.39, 0.29) is 35.6 Å². The first-order chi connectivity index (χ1) is 25.4. The van der Waals surface area contributed by atoms with Crippen molar-refractivity contribution in [2.24, 2.45) is 0 Å². The van der Waals surface area contributed by atoms with Gasteiger partial charge in [0.2, 0.25) is 0 Å². The molecule has 2 amide bonds. The van der Waals surface area contributed by atoms with E-state index in [1.807, 2.05) is 115 Å². The molecule has 0 N–H and O–H groups in total. The van der Waals surface area contributed by atoms with E-state index in [1.165, 1.54) is 0 Å². The summed E-state index contributed by atoms with van der Waals surface area (Å²) in [4.78, 5) is 31.4. The highest BCUT2D eigenvalue weighted by atomic mass is 35.5. The number of anilines is 1. The molecule has 0 aliphatic carbocycles. The molecular weight excluding hydrogens is 672 g/mol. The van der Waals surface area contributed by atoms with E-state index >= 15 is 0 Å². The summed E-state index contributed by atoms with van der Waals surface area (Å²) in [5, 5.41) is 0.284. The number of amides is 2. The van der Waals surface area contributed by atoms with Crippen molar-refractivity contribution >= 4 is 29.1 Å². The summed E-state index contributed by atoms with van der Waals surface area (Å²) in [6, 6.07) is 47.2. The monoisotopic (exact) mass is 710 g/mol. The van der Waals surface area contributed by atoms with E-state index in [0.29, 0.717) is 35.9 Å². The maximum Gasteiger partial charge on any atom is 0.262 e. The lowest BCUT2D eigenvalue weighted by Crippen LogP contribution is -2.31. The Bertz CT molecular complexity index is 2070. The molecule has 0 unspecified atom stereocenters. The molecule has 6 aromatic carbocycles. The Kier molecular flexibility index (Phi) is 11.9. The second-order valence-corrected chi connectivity index (χ2v) is 12.7. The van der Waals surface area contributed by atoms with Crippen LogP contribution in [0, 0.1) is 0 Å². The van der Waals surface area contributed by atoms with Crippen LogP contribution >= 0.6 is 11.6 Å². The average Bonchev–Trinajstić information content (AvgIpc) is 3.20. The number of methoxy groups -OCH3 is 1. The number of halogens is 1. The highest BCUT2D eigenvalue weighted by Gasteiger charge is 2.25. The van der Waals surface area contributed by atoms with Gasteiger partial charge in [-0.1, -0.05) is 115 Å². The highest BCUT2D eigenvalue weighted by Crippen LogP contribution is 2.36. The lowest BCUT2D eigenvalue weighted by molar-refractivity contribution is 0.0785. The number of nitrogens with zero attached hydrogens (tertiary/aromatic N) is 2. The van der Waals surface area contributed by atoms with E-state index in [2.05, 4.69) is 0 Å². The van der Waals surface area contributed by atoms with Crippen LogP contribution in [0.25, 0.3) is 0 Å². The number of hydrogen-bond donors (Lipinski definition) is 0. The zero-order valence-corrected chi connectivity index (χ0v) is 29.8. The number of benzene rings is 6. The summed E-state index contributed by atoms with van der Waals surface area (Å²) in [7, 11) is 3.38. The largest absolute Gasteiger partial charge is 0.497 e. The van der Waals surface area contributed by atoms with Crippen LogP contribution in [0.1, 0.15) is 43.0 Å². The van der Waals surface area contributed by atoms with Crippen molar-refractivity contribution in [3.63, 3.8) is 0 Å². The fourth-order valence-electron chi connectivity index (χ4n) is 5.68. The Balaban J connectivity index is 1.29. The van der Waals surface area contributed by atoms with Crippen LogP contribution in [0.2, 0.25) is 5.02 Å². The summed E-state index contributed by atoms with van der Waals surface area (Å²) in [5.41, 5.74) is 5.22. The van der Waals surface area contributed by atoms with E-state index < -0.39 is 0 Å². The Morgan fingerprint density at radius 2 is 1.10 bits per heavy atom. The molecule has 0 aliphatic heterocycles. The Hall–Kier alpha value is -6.05. The van der Waals surface area contributed by atoms with Gasteiger partial charge in [0.15, 0.2) is 0 Å². The second kappa shape index (κ2) is 17.2. The third kappa shape index (κ3) is 9.19. The lowest BCUT2D eigenvalue weighted by Gasteiger charge is -2.25. The average molecular weight is 711 g/mol. The fraction of sp³-hybridized carbons (Fsp3) is 0.136. The number of ether oxygens (including phenoxy) is 3. The summed E-state index contributed by atoms with van der Waals surface area (Å²) in [6.45, 7) is 1.24. The standard InChI is InChI=1S/C44H39ClN2O5/c1-46(28-33-18-24-38(50-2)25-19-33)43(48)36-20-22-37(23-21-36)47(29-32-12-6-3-7-13-32)44(49)39-26-40(45)42(52-31-35-16-10-5-11-17-35)27-41(39)51-30-34-14-8-4-9-15-34/h3-27H,28-31H2,1-2H3. The SMILES string of the molecule is COc1ccc(CN(C)C(=O)c2ccc(N(Cc3ccccc3)C(=O)c3cc(Cl)c(OCc4ccccc4)cc3OCc3ccccc3)cc2)cc1. The Labute approximate surface area is 309 Å². The van der Waals surface area contributed by atoms with Gasteiger partial charge in [0.05, 0.1) is 24.2 Å². The van der Waals surface area contributed by atoms with Crippen molar-refractivity contribution in [3.8, 4) is 17.2 Å². The molecule has 7 nitrogen and oxygen atoms in total. The molecule has 8 heteroatoms. The van der Waals surface area contributed by atoms with Crippen molar-refractivity contribution < 1.29 is 23.8 Å². The number of hydrogen-bond acceptors (Lipinski definition) is 5. The van der Waals surface area contributed by atoms with Crippen LogP contribution in [0.3, 0.4) is 0 Å². The molecule has 262 valence electrons. The van der Waals surface area contributed by atoms with Gasteiger partial charge >= 0.3 is 0 Å². The van der Waals surface area contributed by atoms with E-state index in [0.717, 1.165) is 28.0 Å². The summed E-state index contributed by atoms with van der Waals surface area (Å²) < 4.78 is 17.7. The van der Waals surface area contributed by atoms with Crippen LogP contribution in [-0.4, -0.2) is 30.9 Å². The Morgan fingerprint density at radius 1 is 0.577 bits per heavy atom. The van der Waals surface area contributed by atoms with Crippen LogP contribution in [0.15, 0.2) is 152 Å². The summed E-state index contributed by atoms with van der Waals surface area (Å²) in [6.07, 6.45) is 0. The van der Waals surface area contributed by atoms with Crippen molar-refractivity contribution in [1.29, 1.82) is 0 Å². The first kappa shape index (κ1) is 35.8. The van der Waals surface area contributed by atoms with E-state index in [1.54, 1.807) is 60.4 Å². The van der Waals surface area contributed by atoms with Crippen molar-refractivity contribution in [1.82, 2.24) is 4.90 Å². The van der Waals surface area contributed by atoms with Gasteiger partial charge in [-0.15, -0.1) is 0 Å². The minimum atomic E-state index is -0.320.